The highest BCUT2D eigenvalue weighted by Gasteiger charge is 2.19. The average molecular weight is 204 g/mol. The van der Waals surface area contributed by atoms with Crippen molar-refractivity contribution in [3.05, 3.63) is 17.6 Å². The summed E-state index contributed by atoms with van der Waals surface area (Å²) in [5.41, 5.74) is 5.95. The van der Waals surface area contributed by atoms with Gasteiger partial charge in [0.05, 0.1) is 0 Å². The molecular formula is C10H12N4O. The highest BCUT2D eigenvalue weighted by molar-refractivity contribution is 5.35. The van der Waals surface area contributed by atoms with Gasteiger partial charge < -0.3 is 10.5 Å². The molecule has 5 heteroatoms. The topological polar surface area (TPSA) is 84.8 Å². The smallest absolute Gasteiger partial charge is 0.146 e. The highest BCUT2D eigenvalue weighted by atomic mass is 16.5. The summed E-state index contributed by atoms with van der Waals surface area (Å²) < 4.78 is 5.26. The molecule has 0 spiro atoms. The molecule has 15 heavy (non-hydrogen) atoms. The summed E-state index contributed by atoms with van der Waals surface area (Å²) in [7, 11) is 0. The lowest BCUT2D eigenvalue weighted by atomic mass is 9.99. The monoisotopic (exact) mass is 204 g/mol. The summed E-state index contributed by atoms with van der Waals surface area (Å²) in [6.45, 7) is 1.45. The molecule has 0 saturated carbocycles. The van der Waals surface area contributed by atoms with Crippen LogP contribution in [-0.4, -0.2) is 23.2 Å². The van der Waals surface area contributed by atoms with Crippen LogP contribution in [0.5, 0.6) is 0 Å². The maximum atomic E-state index is 8.76. The van der Waals surface area contributed by atoms with E-state index in [1.165, 1.54) is 6.07 Å². The predicted molar refractivity (Wildman–Crippen MR) is 54.0 cm³/mol. The van der Waals surface area contributed by atoms with Gasteiger partial charge in [-0.1, -0.05) is 0 Å². The van der Waals surface area contributed by atoms with Gasteiger partial charge in [0.15, 0.2) is 0 Å². The second-order valence-electron chi connectivity index (χ2n) is 3.53. The van der Waals surface area contributed by atoms with Crippen molar-refractivity contribution in [2.24, 2.45) is 0 Å². The van der Waals surface area contributed by atoms with E-state index in [9.17, 15) is 0 Å². The van der Waals surface area contributed by atoms with Gasteiger partial charge in [-0.05, 0) is 12.8 Å². The third-order valence-corrected chi connectivity index (χ3v) is 2.46. The van der Waals surface area contributed by atoms with Gasteiger partial charge >= 0.3 is 0 Å². The van der Waals surface area contributed by atoms with Crippen molar-refractivity contribution in [1.29, 1.82) is 5.26 Å². The first kappa shape index (κ1) is 9.87. The quantitative estimate of drug-likeness (QED) is 0.732. The molecule has 1 aliphatic rings. The first-order valence-corrected chi connectivity index (χ1v) is 4.92. The van der Waals surface area contributed by atoms with Crippen LogP contribution in [0.15, 0.2) is 6.07 Å². The van der Waals surface area contributed by atoms with Crippen molar-refractivity contribution >= 4 is 5.82 Å². The molecule has 0 unspecified atom stereocenters. The lowest BCUT2D eigenvalue weighted by molar-refractivity contribution is 0.0836. The molecule has 78 valence electrons. The summed E-state index contributed by atoms with van der Waals surface area (Å²) in [6, 6.07) is 3.47. The first-order chi connectivity index (χ1) is 7.29. The zero-order chi connectivity index (χ0) is 10.7. The number of ether oxygens (including phenoxy) is 1. The van der Waals surface area contributed by atoms with E-state index in [0.29, 0.717) is 17.3 Å². The first-order valence-electron chi connectivity index (χ1n) is 4.92. The van der Waals surface area contributed by atoms with Crippen LogP contribution in [0.2, 0.25) is 0 Å². The summed E-state index contributed by atoms with van der Waals surface area (Å²) in [6.07, 6.45) is 1.79. The molecule has 0 aromatic carbocycles. The average Bonchev–Trinajstić information content (AvgIpc) is 2.29. The fraction of sp³-hybridized carbons (Fsp3) is 0.500. The van der Waals surface area contributed by atoms with E-state index >= 15 is 0 Å². The molecule has 1 aliphatic heterocycles. The number of nitriles is 1. The predicted octanol–water partition coefficient (Wildman–Crippen LogP) is 0.824. The van der Waals surface area contributed by atoms with E-state index in [2.05, 4.69) is 9.97 Å². The summed E-state index contributed by atoms with van der Waals surface area (Å²) in [4.78, 5) is 8.33. The standard InChI is InChI=1S/C10H12N4O/c11-6-8-5-9(12)14-10(13-8)7-1-3-15-4-2-7/h5,7H,1-4H2,(H2,12,13,14). The van der Waals surface area contributed by atoms with Crippen LogP contribution in [-0.2, 0) is 4.74 Å². The molecule has 0 bridgehead atoms. The lowest BCUT2D eigenvalue weighted by Crippen LogP contribution is -2.17. The highest BCUT2D eigenvalue weighted by Crippen LogP contribution is 2.24. The molecular weight excluding hydrogens is 192 g/mol. The second kappa shape index (κ2) is 4.24. The fourth-order valence-electron chi connectivity index (χ4n) is 1.68. The molecule has 0 amide bonds. The Bertz CT molecular complexity index is 393. The molecule has 1 fully saturated rings. The van der Waals surface area contributed by atoms with E-state index in [4.69, 9.17) is 15.7 Å². The van der Waals surface area contributed by atoms with Gasteiger partial charge in [0, 0.05) is 25.2 Å². The van der Waals surface area contributed by atoms with Crippen molar-refractivity contribution in [3.63, 3.8) is 0 Å². The molecule has 2 N–H and O–H groups in total. The molecule has 0 radical (unpaired) electrons. The minimum Gasteiger partial charge on any atom is -0.384 e. The third kappa shape index (κ3) is 2.22. The van der Waals surface area contributed by atoms with Gasteiger partial charge in [0.2, 0.25) is 0 Å². The molecule has 0 atom stereocenters. The van der Waals surface area contributed by atoms with Gasteiger partial charge in [0.25, 0.3) is 0 Å². The molecule has 2 rings (SSSR count). The Balaban J connectivity index is 2.27. The van der Waals surface area contributed by atoms with Crippen LogP contribution >= 0.6 is 0 Å². The van der Waals surface area contributed by atoms with Crippen LogP contribution < -0.4 is 5.73 Å². The van der Waals surface area contributed by atoms with E-state index in [0.717, 1.165) is 26.1 Å². The second-order valence-corrected chi connectivity index (χ2v) is 3.53. The zero-order valence-corrected chi connectivity index (χ0v) is 8.31. The Morgan fingerprint density at radius 1 is 1.40 bits per heavy atom. The number of nitrogens with zero attached hydrogens (tertiary/aromatic N) is 3. The minimum absolute atomic E-state index is 0.273. The summed E-state index contributed by atoms with van der Waals surface area (Å²) in [5.74, 6) is 1.31. The van der Waals surface area contributed by atoms with Crippen molar-refractivity contribution in [3.8, 4) is 6.07 Å². The Hall–Kier alpha value is -1.67. The normalized spacial score (nSPS) is 17.3. The Labute approximate surface area is 87.9 Å². The van der Waals surface area contributed by atoms with E-state index in [1.807, 2.05) is 6.07 Å². The molecule has 0 aliphatic carbocycles. The maximum Gasteiger partial charge on any atom is 0.146 e. The summed E-state index contributed by atoms with van der Waals surface area (Å²) in [5, 5.41) is 8.76. The number of rotatable bonds is 1. The van der Waals surface area contributed by atoms with Crippen molar-refractivity contribution < 1.29 is 4.74 Å². The molecule has 1 saturated heterocycles. The van der Waals surface area contributed by atoms with Crippen LogP contribution in [0.3, 0.4) is 0 Å². The van der Waals surface area contributed by atoms with Crippen molar-refractivity contribution in [2.75, 3.05) is 18.9 Å². The Kier molecular flexibility index (Phi) is 2.79. The van der Waals surface area contributed by atoms with E-state index < -0.39 is 0 Å². The minimum atomic E-state index is 0.273. The number of hydrogen-bond donors (Lipinski definition) is 1. The van der Waals surface area contributed by atoms with Gasteiger partial charge in [-0.2, -0.15) is 5.26 Å². The fourth-order valence-corrected chi connectivity index (χ4v) is 1.68. The SMILES string of the molecule is N#Cc1cc(N)nc(C2CCOCC2)n1. The number of nitrogens with two attached hydrogens (primary N) is 1. The largest absolute Gasteiger partial charge is 0.384 e. The molecule has 2 heterocycles. The summed E-state index contributed by atoms with van der Waals surface area (Å²) >= 11 is 0. The maximum absolute atomic E-state index is 8.76. The number of nitrogen functional groups attached to an aromatic ring is 1. The van der Waals surface area contributed by atoms with Gasteiger partial charge in [0.1, 0.15) is 23.4 Å². The molecule has 1 aromatic rings. The van der Waals surface area contributed by atoms with E-state index in [-0.39, 0.29) is 5.92 Å². The Morgan fingerprint density at radius 2 is 2.13 bits per heavy atom. The third-order valence-electron chi connectivity index (χ3n) is 2.46. The van der Waals surface area contributed by atoms with Crippen LogP contribution in [0.1, 0.15) is 30.3 Å². The zero-order valence-electron chi connectivity index (χ0n) is 8.31. The lowest BCUT2D eigenvalue weighted by Gasteiger charge is -2.20. The Morgan fingerprint density at radius 3 is 2.80 bits per heavy atom. The van der Waals surface area contributed by atoms with Crippen LogP contribution in [0.4, 0.5) is 5.82 Å². The van der Waals surface area contributed by atoms with Crippen molar-refractivity contribution in [2.45, 2.75) is 18.8 Å². The molecule has 1 aromatic heterocycles. The van der Waals surface area contributed by atoms with Gasteiger partial charge in [-0.15, -0.1) is 0 Å². The van der Waals surface area contributed by atoms with Gasteiger partial charge in [-0.3, -0.25) is 0 Å². The number of hydrogen-bond acceptors (Lipinski definition) is 5. The van der Waals surface area contributed by atoms with E-state index in [1.54, 1.807) is 0 Å². The molecule has 5 nitrogen and oxygen atoms in total. The van der Waals surface area contributed by atoms with Crippen LogP contribution in [0, 0.1) is 11.3 Å². The van der Waals surface area contributed by atoms with Gasteiger partial charge in [-0.25, -0.2) is 9.97 Å². The number of aromatic nitrogens is 2. The van der Waals surface area contributed by atoms with Crippen molar-refractivity contribution in [1.82, 2.24) is 9.97 Å². The number of anilines is 1. The van der Waals surface area contributed by atoms with Crippen LogP contribution in [0.25, 0.3) is 0 Å².